The van der Waals surface area contributed by atoms with Crippen LogP contribution in [0.1, 0.15) is 38.3 Å². The Morgan fingerprint density at radius 2 is 2.05 bits per heavy atom. The lowest BCUT2D eigenvalue weighted by Crippen LogP contribution is -2.41. The number of rotatable bonds is 8. The van der Waals surface area contributed by atoms with Crippen LogP contribution in [0.4, 0.5) is 0 Å². The van der Waals surface area contributed by atoms with Gasteiger partial charge in [0, 0.05) is 12.1 Å². The molecule has 108 valence electrons. The lowest BCUT2D eigenvalue weighted by Gasteiger charge is -2.25. The van der Waals surface area contributed by atoms with E-state index in [0.29, 0.717) is 0 Å². The van der Waals surface area contributed by atoms with Gasteiger partial charge in [0.15, 0.2) is 0 Å². The summed E-state index contributed by atoms with van der Waals surface area (Å²) in [6.45, 7) is 7.53. The van der Waals surface area contributed by atoms with Crippen LogP contribution in [0.2, 0.25) is 0 Å². The van der Waals surface area contributed by atoms with E-state index in [9.17, 15) is 0 Å². The molecule has 3 nitrogen and oxygen atoms in total. The lowest BCUT2D eigenvalue weighted by atomic mass is 10.0. The molecule has 3 heteroatoms. The summed E-state index contributed by atoms with van der Waals surface area (Å²) in [7, 11) is 1.72. The molecule has 19 heavy (non-hydrogen) atoms. The highest BCUT2D eigenvalue weighted by atomic mass is 16.5. The molecule has 0 unspecified atom stereocenters. The fourth-order valence-corrected chi connectivity index (χ4v) is 2.18. The summed E-state index contributed by atoms with van der Waals surface area (Å²) >= 11 is 0. The number of methoxy groups -OCH3 is 1. The fourth-order valence-electron chi connectivity index (χ4n) is 2.18. The van der Waals surface area contributed by atoms with E-state index in [1.54, 1.807) is 7.11 Å². The zero-order valence-electron chi connectivity index (χ0n) is 12.6. The molecular formula is C16H27NO2. The molecule has 1 aromatic carbocycles. The first kappa shape index (κ1) is 16.0. The van der Waals surface area contributed by atoms with E-state index < -0.39 is 0 Å². The standard InChI is InChI=1S/C16H27NO2/c1-5-14-12-13(6-7-15(14)19-4)8-10-17-16(2,3)9-11-18/h6-7,12,17-18H,5,8-11H2,1-4H3. The molecule has 0 amide bonds. The van der Waals surface area contributed by atoms with E-state index in [1.165, 1.54) is 11.1 Å². The number of nitrogens with one attached hydrogen (secondary N) is 1. The van der Waals surface area contributed by atoms with Gasteiger partial charge >= 0.3 is 0 Å². The van der Waals surface area contributed by atoms with E-state index in [2.05, 4.69) is 38.2 Å². The first-order chi connectivity index (χ1) is 9.02. The second-order valence-corrected chi connectivity index (χ2v) is 5.53. The van der Waals surface area contributed by atoms with Crippen LogP contribution in [-0.4, -0.2) is 30.9 Å². The van der Waals surface area contributed by atoms with Crippen molar-refractivity contribution in [1.82, 2.24) is 5.32 Å². The van der Waals surface area contributed by atoms with Crippen molar-refractivity contribution in [2.75, 3.05) is 20.3 Å². The van der Waals surface area contributed by atoms with Gasteiger partial charge < -0.3 is 15.2 Å². The van der Waals surface area contributed by atoms with Crippen molar-refractivity contribution in [3.05, 3.63) is 29.3 Å². The fraction of sp³-hybridized carbons (Fsp3) is 0.625. The van der Waals surface area contributed by atoms with Crippen molar-refractivity contribution >= 4 is 0 Å². The normalized spacial score (nSPS) is 11.6. The summed E-state index contributed by atoms with van der Waals surface area (Å²) in [5.41, 5.74) is 2.58. The molecule has 0 bridgehead atoms. The molecule has 0 radical (unpaired) electrons. The molecule has 0 aromatic heterocycles. The van der Waals surface area contributed by atoms with Gasteiger partial charge in [0.05, 0.1) is 7.11 Å². The van der Waals surface area contributed by atoms with E-state index >= 15 is 0 Å². The number of hydrogen-bond acceptors (Lipinski definition) is 3. The molecule has 2 N–H and O–H groups in total. The number of benzene rings is 1. The van der Waals surface area contributed by atoms with Gasteiger partial charge in [0.1, 0.15) is 5.75 Å². The zero-order chi connectivity index (χ0) is 14.3. The number of aliphatic hydroxyl groups is 1. The monoisotopic (exact) mass is 265 g/mol. The Bertz CT molecular complexity index is 388. The average Bonchev–Trinajstić information content (AvgIpc) is 2.38. The molecular weight excluding hydrogens is 238 g/mol. The Hall–Kier alpha value is -1.06. The van der Waals surface area contributed by atoms with Crippen LogP contribution < -0.4 is 10.1 Å². The number of aliphatic hydroxyl groups excluding tert-OH is 1. The molecule has 0 heterocycles. The van der Waals surface area contributed by atoms with Crippen LogP contribution in [0, 0.1) is 0 Å². The molecule has 0 atom stereocenters. The topological polar surface area (TPSA) is 41.5 Å². The molecule has 0 fully saturated rings. The molecule has 1 rings (SSSR count). The molecule has 0 aliphatic rings. The number of aryl methyl sites for hydroxylation is 1. The van der Waals surface area contributed by atoms with Gasteiger partial charge in [-0.3, -0.25) is 0 Å². The third-order valence-corrected chi connectivity index (χ3v) is 3.48. The third kappa shape index (κ3) is 5.21. The van der Waals surface area contributed by atoms with Crippen molar-refractivity contribution < 1.29 is 9.84 Å². The number of hydrogen-bond donors (Lipinski definition) is 2. The second-order valence-electron chi connectivity index (χ2n) is 5.53. The summed E-state index contributed by atoms with van der Waals surface area (Å²) in [6.07, 6.45) is 2.75. The average molecular weight is 265 g/mol. The van der Waals surface area contributed by atoms with Crippen LogP contribution in [-0.2, 0) is 12.8 Å². The predicted octanol–water partition coefficient (Wildman–Crippen LogP) is 2.55. The third-order valence-electron chi connectivity index (χ3n) is 3.48. The summed E-state index contributed by atoms with van der Waals surface area (Å²) in [5, 5.41) is 12.5. The SMILES string of the molecule is CCc1cc(CCNC(C)(C)CCO)ccc1OC. The lowest BCUT2D eigenvalue weighted by molar-refractivity contribution is 0.231. The first-order valence-electron chi connectivity index (χ1n) is 7.04. The van der Waals surface area contributed by atoms with E-state index in [4.69, 9.17) is 9.84 Å². The summed E-state index contributed by atoms with van der Waals surface area (Å²) in [6, 6.07) is 6.39. The van der Waals surface area contributed by atoms with Crippen LogP contribution in [0.15, 0.2) is 18.2 Å². The minimum absolute atomic E-state index is 0.00515. The van der Waals surface area contributed by atoms with Crippen molar-refractivity contribution in [2.24, 2.45) is 0 Å². The Labute approximate surface area is 117 Å². The van der Waals surface area contributed by atoms with Gasteiger partial charge in [-0.25, -0.2) is 0 Å². The molecule has 0 saturated heterocycles. The van der Waals surface area contributed by atoms with Crippen LogP contribution in [0.5, 0.6) is 5.75 Å². The minimum atomic E-state index is -0.00515. The number of ether oxygens (including phenoxy) is 1. The van der Waals surface area contributed by atoms with Crippen LogP contribution in [0.25, 0.3) is 0 Å². The van der Waals surface area contributed by atoms with Gasteiger partial charge in [-0.2, -0.15) is 0 Å². The maximum absolute atomic E-state index is 8.99. The molecule has 0 saturated carbocycles. The first-order valence-corrected chi connectivity index (χ1v) is 7.04. The molecule has 0 aliphatic carbocycles. The van der Waals surface area contributed by atoms with Crippen molar-refractivity contribution in [1.29, 1.82) is 0 Å². The Balaban J connectivity index is 2.54. The quantitative estimate of drug-likeness (QED) is 0.759. The van der Waals surface area contributed by atoms with E-state index in [1.807, 2.05) is 6.07 Å². The Morgan fingerprint density at radius 1 is 1.32 bits per heavy atom. The molecule has 0 spiro atoms. The maximum Gasteiger partial charge on any atom is 0.122 e. The molecule has 1 aromatic rings. The highest BCUT2D eigenvalue weighted by molar-refractivity contribution is 5.37. The second kappa shape index (κ2) is 7.51. The summed E-state index contributed by atoms with van der Waals surface area (Å²) in [4.78, 5) is 0. The molecule has 0 aliphatic heterocycles. The van der Waals surface area contributed by atoms with Crippen molar-refractivity contribution in [3.63, 3.8) is 0 Å². The summed E-state index contributed by atoms with van der Waals surface area (Å²) < 4.78 is 5.34. The van der Waals surface area contributed by atoms with Gasteiger partial charge in [0.25, 0.3) is 0 Å². The predicted molar refractivity (Wildman–Crippen MR) is 79.9 cm³/mol. The highest BCUT2D eigenvalue weighted by Crippen LogP contribution is 2.20. The van der Waals surface area contributed by atoms with Crippen LogP contribution >= 0.6 is 0 Å². The Morgan fingerprint density at radius 3 is 2.63 bits per heavy atom. The smallest absolute Gasteiger partial charge is 0.122 e. The zero-order valence-corrected chi connectivity index (χ0v) is 12.6. The minimum Gasteiger partial charge on any atom is -0.496 e. The van der Waals surface area contributed by atoms with Crippen LogP contribution in [0.3, 0.4) is 0 Å². The van der Waals surface area contributed by atoms with Gasteiger partial charge in [-0.1, -0.05) is 19.1 Å². The van der Waals surface area contributed by atoms with Gasteiger partial charge in [-0.05, 0) is 56.8 Å². The highest BCUT2D eigenvalue weighted by Gasteiger charge is 2.15. The summed E-state index contributed by atoms with van der Waals surface area (Å²) in [5.74, 6) is 0.972. The van der Waals surface area contributed by atoms with Gasteiger partial charge in [0.2, 0.25) is 0 Å². The van der Waals surface area contributed by atoms with E-state index in [0.717, 1.165) is 31.6 Å². The Kier molecular flexibility index (Phi) is 6.32. The van der Waals surface area contributed by atoms with Crippen molar-refractivity contribution in [3.8, 4) is 5.75 Å². The van der Waals surface area contributed by atoms with Gasteiger partial charge in [-0.15, -0.1) is 0 Å². The largest absolute Gasteiger partial charge is 0.496 e. The van der Waals surface area contributed by atoms with Crippen molar-refractivity contribution in [2.45, 2.75) is 45.6 Å². The van der Waals surface area contributed by atoms with E-state index in [-0.39, 0.29) is 12.1 Å². The maximum atomic E-state index is 8.99.